The maximum absolute atomic E-state index is 11.5. The van der Waals surface area contributed by atoms with Crippen LogP contribution in [0.25, 0.3) is 0 Å². The molecule has 19 heavy (non-hydrogen) atoms. The summed E-state index contributed by atoms with van der Waals surface area (Å²) in [5.41, 5.74) is 0. The number of ether oxygens (including phenoxy) is 1. The second kappa shape index (κ2) is 5.18. The lowest BCUT2D eigenvalue weighted by atomic mass is 9.81. The largest absolute Gasteiger partial charge is 0.481 e. The lowest BCUT2D eigenvalue weighted by molar-refractivity contribution is -0.149. The van der Waals surface area contributed by atoms with Gasteiger partial charge in [-0.05, 0) is 6.42 Å². The van der Waals surface area contributed by atoms with Crippen LogP contribution < -0.4 is 5.32 Å². The first kappa shape index (κ1) is 13.8. The fourth-order valence-electron chi connectivity index (χ4n) is 3.20. The van der Waals surface area contributed by atoms with Crippen molar-refractivity contribution in [2.75, 3.05) is 6.61 Å². The van der Waals surface area contributed by atoms with Crippen molar-refractivity contribution < 1.29 is 29.6 Å². The Hall–Kier alpha value is -1.60. The average molecular weight is 271 g/mol. The minimum Gasteiger partial charge on any atom is -0.481 e. The molecule has 6 atom stereocenters. The number of aliphatic hydroxyl groups excluding tert-OH is 2. The van der Waals surface area contributed by atoms with E-state index in [4.69, 9.17) is 4.74 Å². The standard InChI is InChI=1S/C12H17NO6/c1-2-3-19-12(18)13-8-6-4-5(7(8)11(16)17)9(14)10(6)15/h2,5-10,14-15H,1,3-4H2,(H,13,18)(H,16,17)/t5-,6+,7+,8-,9-,10+/m1/s1. The highest BCUT2D eigenvalue weighted by atomic mass is 16.5. The summed E-state index contributed by atoms with van der Waals surface area (Å²) in [4.78, 5) is 22.7. The van der Waals surface area contributed by atoms with Crippen LogP contribution >= 0.6 is 0 Å². The van der Waals surface area contributed by atoms with Crippen LogP contribution in [-0.4, -0.2) is 52.2 Å². The van der Waals surface area contributed by atoms with Crippen LogP contribution in [0.3, 0.4) is 0 Å². The fourth-order valence-corrected chi connectivity index (χ4v) is 3.20. The van der Waals surface area contributed by atoms with Gasteiger partial charge in [-0.25, -0.2) is 4.79 Å². The normalized spacial score (nSPS) is 39.9. The van der Waals surface area contributed by atoms with Gasteiger partial charge in [0.05, 0.1) is 24.2 Å². The fraction of sp³-hybridized carbons (Fsp3) is 0.667. The number of aliphatic carboxylic acids is 1. The van der Waals surface area contributed by atoms with Crippen molar-refractivity contribution in [1.29, 1.82) is 0 Å². The molecule has 7 heteroatoms. The Labute approximate surface area is 109 Å². The number of carbonyl (C=O) groups excluding carboxylic acids is 1. The first-order chi connectivity index (χ1) is 8.97. The second-order valence-electron chi connectivity index (χ2n) is 4.97. The zero-order chi connectivity index (χ0) is 14.2. The van der Waals surface area contributed by atoms with Gasteiger partial charge in [-0.1, -0.05) is 12.7 Å². The first-order valence-electron chi connectivity index (χ1n) is 6.10. The Balaban J connectivity index is 2.08. The van der Waals surface area contributed by atoms with E-state index in [1.807, 2.05) is 0 Å². The number of carboxylic acid groups (broad SMARTS) is 1. The van der Waals surface area contributed by atoms with E-state index in [2.05, 4.69) is 11.9 Å². The molecule has 1 amide bonds. The lowest BCUT2D eigenvalue weighted by Gasteiger charge is -2.34. The van der Waals surface area contributed by atoms with E-state index in [1.54, 1.807) is 0 Å². The molecule has 2 saturated carbocycles. The third kappa shape index (κ3) is 2.31. The van der Waals surface area contributed by atoms with E-state index in [0.717, 1.165) is 0 Å². The molecule has 0 saturated heterocycles. The van der Waals surface area contributed by atoms with E-state index in [1.165, 1.54) is 6.08 Å². The molecule has 0 aliphatic heterocycles. The number of nitrogens with one attached hydrogen (secondary N) is 1. The summed E-state index contributed by atoms with van der Waals surface area (Å²) in [6, 6.07) is -0.724. The number of amides is 1. The van der Waals surface area contributed by atoms with Crippen LogP contribution in [0.5, 0.6) is 0 Å². The van der Waals surface area contributed by atoms with Gasteiger partial charge in [0.1, 0.15) is 6.61 Å². The molecule has 2 fully saturated rings. The highest BCUT2D eigenvalue weighted by molar-refractivity contribution is 5.75. The minimum absolute atomic E-state index is 0.0234. The number of aliphatic hydroxyl groups is 2. The number of hydrogen-bond donors (Lipinski definition) is 4. The lowest BCUT2D eigenvalue weighted by Crippen LogP contribution is -2.54. The third-order valence-corrected chi connectivity index (χ3v) is 3.98. The van der Waals surface area contributed by atoms with E-state index >= 15 is 0 Å². The van der Waals surface area contributed by atoms with Gasteiger partial charge in [0.15, 0.2) is 0 Å². The molecule has 0 heterocycles. The van der Waals surface area contributed by atoms with Crippen LogP contribution in [-0.2, 0) is 9.53 Å². The van der Waals surface area contributed by atoms with Gasteiger partial charge in [-0.3, -0.25) is 4.79 Å². The van der Waals surface area contributed by atoms with Gasteiger partial charge in [0.25, 0.3) is 0 Å². The molecule has 0 aromatic heterocycles. The molecule has 0 radical (unpaired) electrons. The van der Waals surface area contributed by atoms with Crippen LogP contribution in [0, 0.1) is 17.8 Å². The average Bonchev–Trinajstić information content (AvgIpc) is 2.85. The summed E-state index contributed by atoms with van der Waals surface area (Å²) in [5.74, 6) is -2.99. The van der Waals surface area contributed by atoms with Gasteiger partial charge in [0, 0.05) is 11.8 Å². The van der Waals surface area contributed by atoms with E-state index < -0.39 is 48.1 Å². The Morgan fingerprint density at radius 1 is 1.32 bits per heavy atom. The predicted molar refractivity (Wildman–Crippen MR) is 63.2 cm³/mol. The second-order valence-corrected chi connectivity index (χ2v) is 4.97. The number of carbonyl (C=O) groups is 2. The summed E-state index contributed by atoms with van der Waals surface area (Å²) in [7, 11) is 0. The number of hydrogen-bond acceptors (Lipinski definition) is 5. The highest BCUT2D eigenvalue weighted by Crippen LogP contribution is 2.48. The van der Waals surface area contributed by atoms with Gasteiger partial charge >= 0.3 is 12.1 Å². The van der Waals surface area contributed by atoms with Crippen LogP contribution in [0.15, 0.2) is 12.7 Å². The molecule has 0 spiro atoms. The number of carboxylic acids is 1. The smallest absolute Gasteiger partial charge is 0.407 e. The SMILES string of the molecule is C=CCOC(=O)N[C@@H]1[C@@H]2C[C@@H]([C@@H](O)[C@H]2O)[C@@H]1C(=O)O. The molecule has 2 bridgehead atoms. The van der Waals surface area contributed by atoms with Crippen molar-refractivity contribution in [2.45, 2.75) is 24.7 Å². The maximum atomic E-state index is 11.5. The molecule has 0 unspecified atom stereocenters. The van der Waals surface area contributed by atoms with Crippen molar-refractivity contribution in [3.63, 3.8) is 0 Å². The number of alkyl carbamates (subject to hydrolysis) is 1. The molecule has 4 N–H and O–H groups in total. The van der Waals surface area contributed by atoms with E-state index in [0.29, 0.717) is 6.42 Å². The van der Waals surface area contributed by atoms with Crippen molar-refractivity contribution in [3.8, 4) is 0 Å². The molecular formula is C12H17NO6. The summed E-state index contributed by atoms with van der Waals surface area (Å²) < 4.78 is 4.75. The highest BCUT2D eigenvalue weighted by Gasteiger charge is 2.60. The molecule has 0 aromatic carbocycles. The molecule has 2 rings (SSSR count). The van der Waals surface area contributed by atoms with Gasteiger partial charge < -0.3 is 25.4 Å². The monoisotopic (exact) mass is 271 g/mol. The minimum atomic E-state index is -1.09. The topological polar surface area (TPSA) is 116 Å². The summed E-state index contributed by atoms with van der Waals surface area (Å²) in [6.07, 6.45) is -1.02. The van der Waals surface area contributed by atoms with Crippen molar-refractivity contribution in [1.82, 2.24) is 5.32 Å². The van der Waals surface area contributed by atoms with Crippen molar-refractivity contribution in [3.05, 3.63) is 12.7 Å². The molecule has 106 valence electrons. The summed E-state index contributed by atoms with van der Waals surface area (Å²) >= 11 is 0. The zero-order valence-electron chi connectivity index (χ0n) is 10.2. The first-order valence-corrected chi connectivity index (χ1v) is 6.10. The van der Waals surface area contributed by atoms with Gasteiger partial charge in [0.2, 0.25) is 0 Å². The number of fused-ring (bicyclic) bond motifs is 2. The molecule has 0 aromatic rings. The maximum Gasteiger partial charge on any atom is 0.407 e. The predicted octanol–water partition coefficient (Wildman–Crippen LogP) is -0.661. The summed E-state index contributed by atoms with van der Waals surface area (Å²) in [5, 5.41) is 31.2. The van der Waals surface area contributed by atoms with Crippen molar-refractivity contribution >= 4 is 12.1 Å². The van der Waals surface area contributed by atoms with Crippen LogP contribution in [0.1, 0.15) is 6.42 Å². The summed E-state index contributed by atoms with van der Waals surface area (Å²) in [6.45, 7) is 3.42. The number of rotatable bonds is 4. The molecule has 7 nitrogen and oxygen atoms in total. The Morgan fingerprint density at radius 3 is 2.53 bits per heavy atom. The van der Waals surface area contributed by atoms with E-state index in [9.17, 15) is 24.9 Å². The Morgan fingerprint density at radius 2 is 1.95 bits per heavy atom. The van der Waals surface area contributed by atoms with Crippen LogP contribution in [0.4, 0.5) is 4.79 Å². The van der Waals surface area contributed by atoms with E-state index in [-0.39, 0.29) is 6.61 Å². The van der Waals surface area contributed by atoms with Crippen molar-refractivity contribution in [2.24, 2.45) is 17.8 Å². The Bertz CT molecular complexity index is 398. The quantitative estimate of drug-likeness (QED) is 0.504. The molecule has 2 aliphatic rings. The van der Waals surface area contributed by atoms with Gasteiger partial charge in [-0.2, -0.15) is 0 Å². The zero-order valence-corrected chi connectivity index (χ0v) is 10.2. The Kier molecular flexibility index (Phi) is 3.77. The third-order valence-electron chi connectivity index (χ3n) is 3.98. The molecular weight excluding hydrogens is 254 g/mol. The molecule has 2 aliphatic carbocycles. The van der Waals surface area contributed by atoms with Crippen LogP contribution in [0.2, 0.25) is 0 Å². The van der Waals surface area contributed by atoms with Gasteiger partial charge in [-0.15, -0.1) is 0 Å².